The van der Waals surface area contributed by atoms with Gasteiger partial charge in [0.1, 0.15) is 0 Å². The van der Waals surface area contributed by atoms with Crippen molar-refractivity contribution < 1.29 is 4.52 Å². The average molecular weight is 283 g/mol. The second-order valence-electron chi connectivity index (χ2n) is 6.11. The highest BCUT2D eigenvalue weighted by Gasteiger charge is 2.38. The van der Waals surface area contributed by atoms with Crippen molar-refractivity contribution in [2.75, 3.05) is 0 Å². The molecule has 4 rings (SSSR count). The minimum Gasteiger partial charge on any atom is -0.338 e. The van der Waals surface area contributed by atoms with Crippen LogP contribution in [-0.4, -0.2) is 21.1 Å². The van der Waals surface area contributed by atoms with Crippen molar-refractivity contribution in [3.05, 3.63) is 47.1 Å². The van der Waals surface area contributed by atoms with E-state index in [0.717, 1.165) is 24.7 Å². The lowest BCUT2D eigenvalue weighted by molar-refractivity contribution is 0.154. The van der Waals surface area contributed by atoms with Crippen LogP contribution < -0.4 is 0 Å². The van der Waals surface area contributed by atoms with E-state index < -0.39 is 0 Å². The Kier molecular flexibility index (Phi) is 3.26. The molecule has 4 nitrogen and oxygen atoms in total. The van der Waals surface area contributed by atoms with Gasteiger partial charge < -0.3 is 4.52 Å². The minimum absolute atomic E-state index is 0.519. The first kappa shape index (κ1) is 13.0. The first-order valence-corrected chi connectivity index (χ1v) is 8.00. The van der Waals surface area contributed by atoms with Crippen LogP contribution in [0.3, 0.4) is 0 Å². The molecule has 110 valence electrons. The summed E-state index contributed by atoms with van der Waals surface area (Å²) < 4.78 is 5.41. The lowest BCUT2D eigenvalue weighted by Crippen LogP contribution is -2.29. The highest BCUT2D eigenvalue weighted by molar-refractivity contribution is 5.34. The Morgan fingerprint density at radius 1 is 1.24 bits per heavy atom. The molecule has 2 aliphatic rings. The number of hydrogen-bond acceptors (Lipinski definition) is 4. The maximum absolute atomic E-state index is 5.41. The van der Waals surface area contributed by atoms with Crippen LogP contribution in [0.15, 0.2) is 28.8 Å². The fourth-order valence-corrected chi connectivity index (χ4v) is 3.43. The van der Waals surface area contributed by atoms with E-state index in [1.165, 1.54) is 36.8 Å². The lowest BCUT2D eigenvalue weighted by atomic mass is 10.1. The van der Waals surface area contributed by atoms with Crippen LogP contribution in [0.2, 0.25) is 0 Å². The van der Waals surface area contributed by atoms with E-state index in [9.17, 15) is 0 Å². The third kappa shape index (κ3) is 2.48. The molecule has 0 aliphatic heterocycles. The van der Waals surface area contributed by atoms with Crippen molar-refractivity contribution in [2.45, 2.75) is 57.7 Å². The second-order valence-corrected chi connectivity index (χ2v) is 6.11. The summed E-state index contributed by atoms with van der Waals surface area (Å²) in [6.07, 6.45) is 5.83. The van der Waals surface area contributed by atoms with E-state index >= 15 is 0 Å². The molecule has 1 saturated carbocycles. The zero-order chi connectivity index (χ0) is 14.2. The summed E-state index contributed by atoms with van der Waals surface area (Å²) in [6, 6.07) is 10.1. The number of rotatable bonds is 5. The lowest BCUT2D eigenvalue weighted by Gasteiger charge is -2.28. The molecule has 0 bridgehead atoms. The molecule has 1 fully saturated rings. The summed E-state index contributed by atoms with van der Waals surface area (Å²) in [5.74, 6) is 1.58. The maximum atomic E-state index is 5.41. The topological polar surface area (TPSA) is 42.2 Å². The number of benzene rings is 1. The van der Waals surface area contributed by atoms with Gasteiger partial charge in [-0.15, -0.1) is 0 Å². The van der Waals surface area contributed by atoms with Gasteiger partial charge in [0.05, 0.1) is 6.54 Å². The van der Waals surface area contributed by atoms with E-state index in [-0.39, 0.29) is 0 Å². The van der Waals surface area contributed by atoms with E-state index in [0.29, 0.717) is 12.1 Å². The Labute approximate surface area is 125 Å². The van der Waals surface area contributed by atoms with Gasteiger partial charge in [0.2, 0.25) is 5.89 Å². The van der Waals surface area contributed by atoms with Crippen LogP contribution in [0.25, 0.3) is 0 Å². The van der Waals surface area contributed by atoms with E-state index in [2.05, 4.69) is 46.2 Å². The Morgan fingerprint density at radius 2 is 2.10 bits per heavy atom. The number of nitrogens with zero attached hydrogens (tertiary/aromatic N) is 3. The number of aromatic nitrogens is 2. The third-order valence-electron chi connectivity index (χ3n) is 4.66. The van der Waals surface area contributed by atoms with Gasteiger partial charge >= 0.3 is 0 Å². The summed E-state index contributed by atoms with van der Waals surface area (Å²) in [5.41, 5.74) is 3.01. The Bertz CT molecular complexity index is 632. The second kappa shape index (κ2) is 5.26. The van der Waals surface area contributed by atoms with E-state index in [1.54, 1.807) is 0 Å². The molecule has 1 aromatic carbocycles. The van der Waals surface area contributed by atoms with Crippen molar-refractivity contribution >= 4 is 0 Å². The summed E-state index contributed by atoms with van der Waals surface area (Å²) in [5, 5.41) is 4.03. The van der Waals surface area contributed by atoms with E-state index in [4.69, 9.17) is 4.52 Å². The molecule has 0 radical (unpaired) electrons. The first-order valence-electron chi connectivity index (χ1n) is 8.00. The zero-order valence-corrected chi connectivity index (χ0v) is 12.5. The van der Waals surface area contributed by atoms with Crippen molar-refractivity contribution in [3.8, 4) is 0 Å². The van der Waals surface area contributed by atoms with Crippen molar-refractivity contribution in [1.82, 2.24) is 15.0 Å². The van der Waals surface area contributed by atoms with Gasteiger partial charge in [-0.05, 0) is 36.8 Å². The summed E-state index contributed by atoms with van der Waals surface area (Å²) >= 11 is 0. The van der Waals surface area contributed by atoms with Crippen LogP contribution >= 0.6 is 0 Å². The SMILES string of the molecule is CCc1noc(CN(C2CC2)C2CCc3ccccc32)n1. The molecule has 2 aliphatic carbocycles. The molecular weight excluding hydrogens is 262 g/mol. The normalized spacial score (nSPS) is 21.0. The third-order valence-corrected chi connectivity index (χ3v) is 4.66. The van der Waals surface area contributed by atoms with Gasteiger partial charge in [0.15, 0.2) is 5.82 Å². The largest absolute Gasteiger partial charge is 0.338 e. The fourth-order valence-electron chi connectivity index (χ4n) is 3.43. The first-order chi connectivity index (χ1) is 10.3. The van der Waals surface area contributed by atoms with Gasteiger partial charge in [-0.2, -0.15) is 4.98 Å². The molecule has 0 amide bonds. The highest BCUT2D eigenvalue weighted by atomic mass is 16.5. The summed E-state index contributed by atoms with van der Waals surface area (Å²) in [4.78, 5) is 7.07. The smallest absolute Gasteiger partial charge is 0.240 e. The summed E-state index contributed by atoms with van der Waals surface area (Å²) in [7, 11) is 0. The molecule has 1 unspecified atom stereocenters. The molecule has 1 aromatic heterocycles. The molecule has 0 spiro atoms. The fraction of sp³-hybridized carbons (Fsp3) is 0.529. The van der Waals surface area contributed by atoms with Gasteiger partial charge in [-0.3, -0.25) is 4.90 Å². The van der Waals surface area contributed by atoms with E-state index in [1.807, 2.05) is 0 Å². The molecule has 0 saturated heterocycles. The molecule has 1 atom stereocenters. The van der Waals surface area contributed by atoms with Crippen LogP contribution in [-0.2, 0) is 19.4 Å². The quantitative estimate of drug-likeness (QED) is 0.844. The maximum Gasteiger partial charge on any atom is 0.240 e. The predicted octanol–water partition coefficient (Wildman–Crippen LogP) is 3.28. The Morgan fingerprint density at radius 3 is 2.86 bits per heavy atom. The Balaban J connectivity index is 1.58. The molecule has 1 heterocycles. The molecule has 4 heteroatoms. The molecular formula is C17H21N3O. The number of hydrogen-bond donors (Lipinski definition) is 0. The van der Waals surface area contributed by atoms with Gasteiger partial charge in [-0.1, -0.05) is 36.3 Å². The Hall–Kier alpha value is -1.68. The number of aryl methyl sites for hydroxylation is 2. The highest BCUT2D eigenvalue weighted by Crippen LogP contribution is 2.42. The van der Waals surface area contributed by atoms with Gasteiger partial charge in [0.25, 0.3) is 0 Å². The minimum atomic E-state index is 0.519. The van der Waals surface area contributed by atoms with Gasteiger partial charge in [-0.25, -0.2) is 0 Å². The van der Waals surface area contributed by atoms with Crippen molar-refractivity contribution in [1.29, 1.82) is 0 Å². The van der Waals surface area contributed by atoms with Crippen LogP contribution in [0.4, 0.5) is 0 Å². The van der Waals surface area contributed by atoms with Crippen LogP contribution in [0.1, 0.15) is 55.1 Å². The number of fused-ring (bicyclic) bond motifs is 1. The van der Waals surface area contributed by atoms with Crippen LogP contribution in [0.5, 0.6) is 0 Å². The van der Waals surface area contributed by atoms with Crippen LogP contribution in [0, 0.1) is 0 Å². The average Bonchev–Trinajstić information content (AvgIpc) is 3.11. The molecule has 21 heavy (non-hydrogen) atoms. The summed E-state index contributed by atoms with van der Waals surface area (Å²) in [6.45, 7) is 2.84. The van der Waals surface area contributed by atoms with Gasteiger partial charge in [0, 0.05) is 18.5 Å². The standard InChI is InChI=1S/C17H21N3O/c1-2-16-18-17(21-19-16)11-20(13-8-9-13)15-10-7-12-5-3-4-6-14(12)15/h3-6,13,15H,2,7-11H2,1H3. The zero-order valence-electron chi connectivity index (χ0n) is 12.5. The monoisotopic (exact) mass is 283 g/mol. The van der Waals surface area contributed by atoms with Crippen molar-refractivity contribution in [3.63, 3.8) is 0 Å². The predicted molar refractivity (Wildman–Crippen MR) is 79.7 cm³/mol. The molecule has 0 N–H and O–H groups in total. The molecule has 2 aromatic rings. The van der Waals surface area contributed by atoms with Crippen molar-refractivity contribution in [2.24, 2.45) is 0 Å².